The van der Waals surface area contributed by atoms with Gasteiger partial charge in [-0.25, -0.2) is 0 Å². The zero-order valence-corrected chi connectivity index (χ0v) is 18.0. The molecule has 0 heterocycles. The average molecular weight is 271 g/mol. The first-order valence-electron chi connectivity index (χ1n) is 5.75. The Hall–Kier alpha value is 1.87. The summed E-state index contributed by atoms with van der Waals surface area (Å²) in [6.45, 7) is 24.0. The summed E-state index contributed by atoms with van der Waals surface area (Å²) in [5, 5.41) is 0. The first kappa shape index (κ1) is 15.9. The van der Waals surface area contributed by atoms with Crippen molar-refractivity contribution in [2.75, 3.05) is 0 Å². The van der Waals surface area contributed by atoms with Crippen LogP contribution in [0.5, 0.6) is 0 Å². The molecule has 0 aromatic rings. The van der Waals surface area contributed by atoms with E-state index in [1.807, 2.05) is 0 Å². The zero-order chi connectivity index (χ0) is 12.0. The zero-order valence-electron chi connectivity index (χ0n) is 12.0. The fourth-order valence-electron chi connectivity index (χ4n) is 3.38. The average Bonchev–Trinajstić information content (AvgIpc) is 1.77. The third kappa shape index (κ3) is 2.76. The van der Waals surface area contributed by atoms with Gasteiger partial charge in [-0.15, -0.1) is 0 Å². The van der Waals surface area contributed by atoms with Gasteiger partial charge >= 0.3 is 112 Å². The van der Waals surface area contributed by atoms with Crippen LogP contribution in [0.3, 0.4) is 0 Å². The van der Waals surface area contributed by atoms with E-state index in [1.165, 1.54) is 0 Å². The second-order valence-electron chi connectivity index (χ2n) is 7.88. The van der Waals surface area contributed by atoms with E-state index < -0.39 is 26.0 Å². The van der Waals surface area contributed by atoms with Crippen LogP contribution in [0.1, 0.15) is 0 Å². The van der Waals surface area contributed by atoms with Crippen molar-refractivity contribution in [1.29, 1.82) is 0 Å². The summed E-state index contributed by atoms with van der Waals surface area (Å²) in [5.41, 5.74) is 0. The van der Waals surface area contributed by atoms with Crippen LogP contribution in [0.2, 0.25) is 58.9 Å². The van der Waals surface area contributed by atoms with E-state index >= 15 is 0 Å². The summed E-state index contributed by atoms with van der Waals surface area (Å²) in [6, 6.07) is 0. The van der Waals surface area contributed by atoms with Crippen molar-refractivity contribution < 1.29 is 0 Å². The van der Waals surface area contributed by atoms with E-state index in [-0.39, 0.29) is 0 Å². The Morgan fingerprint density at radius 1 is 0.500 bits per heavy atom. The molecule has 0 bridgehead atoms. The van der Waals surface area contributed by atoms with Crippen LogP contribution >= 0.6 is 0 Å². The van der Waals surface area contributed by atoms with Crippen LogP contribution in [-0.4, -0.2) is 53.0 Å². The van der Waals surface area contributed by atoms with E-state index in [1.54, 1.807) is 27.0 Å². The molecule has 0 aliphatic carbocycles. The second kappa shape index (κ2) is 4.27. The van der Waals surface area contributed by atoms with Gasteiger partial charge in [0, 0.05) is 0 Å². The molecule has 0 aliphatic heterocycles. The molecule has 0 rings (SSSR count). The topological polar surface area (TPSA) is 0 Å². The van der Waals surface area contributed by atoms with Crippen LogP contribution in [-0.2, 0) is 0 Å². The molecule has 0 radical (unpaired) electrons. The van der Waals surface area contributed by atoms with E-state index in [2.05, 4.69) is 58.9 Å². The van der Waals surface area contributed by atoms with Gasteiger partial charge < -0.3 is 0 Å². The Balaban J connectivity index is 5.54. The maximum absolute atomic E-state index is 2.67. The van der Waals surface area contributed by atoms with Gasteiger partial charge in [-0.2, -0.15) is 0 Å². The normalized spacial score (nSPS) is 15.9. The van der Waals surface area contributed by atoms with Crippen molar-refractivity contribution in [2.45, 2.75) is 58.9 Å². The molecule has 0 aromatic heterocycles. The molecule has 0 amide bonds. The summed E-state index contributed by atoms with van der Waals surface area (Å²) >= 11 is 1.57. The molecule has 0 aromatic carbocycles. The van der Waals surface area contributed by atoms with E-state index in [9.17, 15) is 0 Å². The molecule has 0 fully saturated rings. The van der Waals surface area contributed by atoms with Gasteiger partial charge in [0.1, 0.15) is 0 Å². The van der Waals surface area contributed by atoms with Crippen molar-refractivity contribution in [1.82, 2.24) is 0 Å². The molecule has 80 valence electrons. The first-order valence-corrected chi connectivity index (χ1v) is 24.8. The molecule has 0 aliphatic rings. The van der Waals surface area contributed by atoms with Crippen molar-refractivity contribution in [3.05, 3.63) is 0 Å². The Kier molecular flexibility index (Phi) is 4.84. The van der Waals surface area contributed by atoms with Crippen LogP contribution in [0, 0.1) is 0 Å². The third-order valence-corrected chi connectivity index (χ3v) is 122. The Morgan fingerprint density at radius 2 is 0.643 bits per heavy atom. The standard InChI is InChI=1S/C9H27Si4.Na/c1-11(2,3)10(12(4,5)6)13(7,8)9;/h1-9H3;. The summed E-state index contributed by atoms with van der Waals surface area (Å²) in [7, 11) is -2.57. The predicted octanol–water partition coefficient (Wildman–Crippen LogP) is 3.35. The Labute approximate surface area is 111 Å². The third-order valence-electron chi connectivity index (χ3n) is 4.50. The Morgan fingerprint density at radius 3 is 0.643 bits per heavy atom. The minimum absolute atomic E-state index is 0.799. The van der Waals surface area contributed by atoms with Gasteiger partial charge in [-0.3, -0.25) is 0 Å². The molecular weight excluding hydrogens is 243 g/mol. The van der Waals surface area contributed by atoms with Crippen molar-refractivity contribution in [3.63, 3.8) is 0 Å². The van der Waals surface area contributed by atoms with Crippen LogP contribution in [0.25, 0.3) is 0 Å². The molecule has 5 heteroatoms. The molecule has 0 N–H and O–H groups in total. The predicted molar refractivity (Wildman–Crippen MR) is 81.5 cm³/mol. The summed E-state index contributed by atoms with van der Waals surface area (Å²) in [6.07, 6.45) is 0. The summed E-state index contributed by atoms with van der Waals surface area (Å²) in [4.78, 5) is 0. The molecule has 0 nitrogen and oxygen atoms in total. The van der Waals surface area contributed by atoms with Crippen molar-refractivity contribution >= 4 is 53.0 Å². The SMILES string of the molecule is C[Si](C)(C)[Si]([Na])([Si](C)(C)C)[Si](C)(C)C. The van der Waals surface area contributed by atoms with E-state index in [0.717, 1.165) is 0 Å². The first-order chi connectivity index (χ1) is 5.75. The molecule has 14 heavy (non-hydrogen) atoms. The van der Waals surface area contributed by atoms with Crippen molar-refractivity contribution in [3.8, 4) is 0 Å². The fourth-order valence-corrected chi connectivity index (χ4v) is 91.1. The van der Waals surface area contributed by atoms with Gasteiger partial charge in [0.25, 0.3) is 0 Å². The summed E-state index contributed by atoms with van der Waals surface area (Å²) < 4.78 is -0.799. The van der Waals surface area contributed by atoms with Gasteiger partial charge in [-0.1, -0.05) is 0 Å². The van der Waals surface area contributed by atoms with Crippen LogP contribution < -0.4 is 0 Å². The maximum atomic E-state index is 2.67. The molecule has 0 saturated carbocycles. The fraction of sp³-hybridized carbons (Fsp3) is 1.00. The summed E-state index contributed by atoms with van der Waals surface area (Å²) in [5.74, 6) is 0. The van der Waals surface area contributed by atoms with Gasteiger partial charge in [-0.05, 0) is 0 Å². The van der Waals surface area contributed by atoms with Gasteiger partial charge in [0.15, 0.2) is 0 Å². The van der Waals surface area contributed by atoms with Gasteiger partial charge in [0.05, 0.1) is 0 Å². The van der Waals surface area contributed by atoms with Crippen LogP contribution in [0.15, 0.2) is 0 Å². The number of hydrogen-bond acceptors (Lipinski definition) is 0. The molecule has 0 unspecified atom stereocenters. The number of rotatable bonds is 3. The quantitative estimate of drug-likeness (QED) is 0.690. The van der Waals surface area contributed by atoms with Gasteiger partial charge in [0.2, 0.25) is 0 Å². The second-order valence-corrected chi connectivity index (χ2v) is 64.1. The minimum atomic E-state index is -0.858. The van der Waals surface area contributed by atoms with E-state index in [0.29, 0.717) is 0 Å². The van der Waals surface area contributed by atoms with Crippen molar-refractivity contribution in [2.24, 2.45) is 0 Å². The van der Waals surface area contributed by atoms with E-state index in [4.69, 9.17) is 0 Å². The molecule has 0 atom stereocenters. The van der Waals surface area contributed by atoms with Crippen LogP contribution in [0.4, 0.5) is 0 Å². The molecule has 0 saturated heterocycles. The molecule has 0 spiro atoms. The Bertz CT molecular complexity index is 170. The monoisotopic (exact) mass is 270 g/mol. The number of hydrogen-bond donors (Lipinski definition) is 0. The molecular formula is C9H27NaSi4.